The normalized spacial score (nSPS) is 26.1. The number of hydrogen-bond donors (Lipinski definition) is 2. The molecule has 1 N–H and O–H groups in total. The van der Waals surface area contributed by atoms with Gasteiger partial charge in [-0.25, -0.2) is 13.1 Å². The summed E-state index contributed by atoms with van der Waals surface area (Å²) in [6, 6.07) is 0. The van der Waals surface area contributed by atoms with Crippen molar-refractivity contribution in [2.45, 2.75) is 33.6 Å². The first-order valence-corrected chi connectivity index (χ1v) is 12.2. The summed E-state index contributed by atoms with van der Waals surface area (Å²) in [6.45, 7) is 6.02. The zero-order valence-electron chi connectivity index (χ0n) is 13.3. The Morgan fingerprint density at radius 3 is 2.73 bits per heavy atom. The number of allylic oxidation sites excluding steroid dienone is 2. The number of rotatable bonds is 7. The largest absolute Gasteiger partial charge is 0.288 e. The molecule has 4 atom stereocenters. The van der Waals surface area contributed by atoms with Gasteiger partial charge in [0.2, 0.25) is 0 Å². The fourth-order valence-corrected chi connectivity index (χ4v) is 7.46. The van der Waals surface area contributed by atoms with Crippen LogP contribution in [0.1, 0.15) is 33.6 Å². The Hall–Kier alpha value is -0.200. The van der Waals surface area contributed by atoms with Crippen molar-refractivity contribution >= 4 is 35.3 Å². The topological polar surface area (TPSA) is 63.2 Å². The first-order valence-electron chi connectivity index (χ1n) is 7.57. The Balaban J connectivity index is 1.72. The summed E-state index contributed by atoms with van der Waals surface area (Å²) in [6.07, 6.45) is 2.29. The second-order valence-corrected chi connectivity index (χ2v) is 12.9. The van der Waals surface area contributed by atoms with E-state index in [1.165, 1.54) is 18.9 Å². The summed E-state index contributed by atoms with van der Waals surface area (Å²) >= 11 is 1.12. The molecule has 0 bridgehead atoms. The monoisotopic (exact) mass is 363 g/mol. The van der Waals surface area contributed by atoms with E-state index < -0.39 is 18.4 Å². The van der Waals surface area contributed by atoms with Crippen molar-refractivity contribution in [1.82, 2.24) is 4.72 Å². The second kappa shape index (κ2) is 7.14. The molecule has 0 radical (unpaired) electrons. The van der Waals surface area contributed by atoms with Crippen LogP contribution in [0, 0.1) is 23.4 Å². The maximum Gasteiger partial charge on any atom is 0.254 e. The molecular weight excluding hydrogens is 338 g/mol. The number of carbonyl (C=O) groups is 1. The minimum atomic E-state index is -3.43. The molecule has 1 fully saturated rings. The van der Waals surface area contributed by atoms with Crippen LogP contribution in [0.15, 0.2) is 11.1 Å². The van der Waals surface area contributed by atoms with E-state index >= 15 is 0 Å². The highest BCUT2D eigenvalue weighted by atomic mass is 33.2. The smallest absolute Gasteiger partial charge is 0.254 e. The Morgan fingerprint density at radius 1 is 1.55 bits per heavy atom. The standard InChI is InChI=1S/C15H25NO3S3/c1-10(7-13-14-8-11(2)15(13)14)9-21(4)22(18,19)16-5-6-20-12(3)17/h4,10,13-14,16,21H,5-9H2,1-3H3/t10-,13+,14?/m0/s1. The van der Waals surface area contributed by atoms with E-state index in [0.29, 0.717) is 23.3 Å². The van der Waals surface area contributed by atoms with Crippen LogP contribution in [-0.4, -0.2) is 31.6 Å². The third-order valence-electron chi connectivity index (χ3n) is 4.34. The zero-order chi connectivity index (χ0) is 16.5. The van der Waals surface area contributed by atoms with Gasteiger partial charge in [-0.1, -0.05) is 39.2 Å². The van der Waals surface area contributed by atoms with Crippen LogP contribution >= 0.6 is 21.1 Å². The predicted molar refractivity (Wildman–Crippen MR) is 96.9 cm³/mol. The zero-order valence-corrected chi connectivity index (χ0v) is 15.9. The Bertz CT molecular complexity index is 657. The molecule has 0 saturated heterocycles. The maximum atomic E-state index is 12.1. The van der Waals surface area contributed by atoms with Gasteiger partial charge in [-0.05, 0) is 37.5 Å². The van der Waals surface area contributed by atoms with Crippen molar-refractivity contribution in [3.63, 3.8) is 0 Å². The van der Waals surface area contributed by atoms with Crippen LogP contribution in [0.25, 0.3) is 0 Å². The second-order valence-electron chi connectivity index (χ2n) is 6.30. The fraction of sp³-hybridized carbons (Fsp3) is 0.733. The van der Waals surface area contributed by atoms with E-state index in [0.717, 1.165) is 24.1 Å². The third-order valence-corrected chi connectivity index (χ3v) is 10.0. The van der Waals surface area contributed by atoms with Gasteiger partial charge in [0.25, 0.3) is 9.06 Å². The van der Waals surface area contributed by atoms with Crippen LogP contribution in [0.4, 0.5) is 0 Å². The number of thiol groups is 1. The number of fused-ring (bicyclic) bond motifs is 1. The van der Waals surface area contributed by atoms with Crippen molar-refractivity contribution in [3.05, 3.63) is 11.1 Å². The quantitative estimate of drug-likeness (QED) is 0.316. The summed E-state index contributed by atoms with van der Waals surface area (Å²) in [5.41, 5.74) is 9.09. The number of hydrogen-bond acceptors (Lipinski definition) is 4. The SMILES string of the molecule is C#[SH](C[C@@H](C)C[C@H]1C2=C(C)CC21)S(=O)(=O)NCCSC(C)=O. The molecule has 0 spiro atoms. The molecule has 1 saturated carbocycles. The lowest BCUT2D eigenvalue weighted by atomic mass is 10.0. The van der Waals surface area contributed by atoms with Crippen LogP contribution in [-0.2, 0) is 13.8 Å². The van der Waals surface area contributed by atoms with Crippen molar-refractivity contribution in [1.29, 1.82) is 0 Å². The summed E-state index contributed by atoms with van der Waals surface area (Å²) in [4.78, 5) is 10.8. The molecule has 4 nitrogen and oxygen atoms in total. The minimum Gasteiger partial charge on any atom is -0.288 e. The number of thioether (sulfide) groups is 1. The molecule has 2 aliphatic carbocycles. The fourth-order valence-electron chi connectivity index (χ4n) is 3.23. The van der Waals surface area contributed by atoms with Gasteiger partial charge in [0.05, 0.1) is 0 Å². The van der Waals surface area contributed by atoms with Gasteiger partial charge in [-0.3, -0.25) is 4.79 Å². The van der Waals surface area contributed by atoms with Gasteiger partial charge in [0.1, 0.15) is 0 Å². The molecule has 7 heteroatoms. The first kappa shape index (κ1) is 18.1. The van der Waals surface area contributed by atoms with Crippen molar-refractivity contribution < 1.29 is 13.2 Å². The van der Waals surface area contributed by atoms with E-state index in [1.807, 2.05) is 0 Å². The molecule has 0 aliphatic heterocycles. The molecule has 0 aromatic rings. The lowest BCUT2D eigenvalue weighted by Crippen LogP contribution is -2.25. The summed E-state index contributed by atoms with van der Waals surface area (Å²) in [7, 11) is -5.00. The average molecular weight is 364 g/mol. The molecule has 2 aliphatic rings. The van der Waals surface area contributed by atoms with Crippen molar-refractivity contribution in [3.8, 4) is 5.69 Å². The molecule has 2 rings (SSSR count). The molecule has 0 heterocycles. The van der Waals surface area contributed by atoms with Crippen LogP contribution in [0.2, 0.25) is 0 Å². The summed E-state index contributed by atoms with van der Waals surface area (Å²) < 4.78 is 26.7. The molecule has 22 heavy (non-hydrogen) atoms. The van der Waals surface area contributed by atoms with E-state index in [-0.39, 0.29) is 11.7 Å². The molecular formula is C15H25NO3S3. The van der Waals surface area contributed by atoms with Gasteiger partial charge in [0.15, 0.2) is 5.12 Å². The lowest BCUT2D eigenvalue weighted by Gasteiger charge is -2.14. The van der Waals surface area contributed by atoms with E-state index in [4.69, 9.17) is 5.69 Å². The maximum absolute atomic E-state index is 12.1. The summed E-state index contributed by atoms with van der Waals surface area (Å²) in [5.74, 6) is 2.81. The van der Waals surface area contributed by atoms with Crippen molar-refractivity contribution in [2.24, 2.45) is 17.8 Å². The molecule has 2 unspecified atom stereocenters. The van der Waals surface area contributed by atoms with Gasteiger partial charge in [-0.2, -0.15) is 0 Å². The van der Waals surface area contributed by atoms with Crippen LogP contribution < -0.4 is 4.72 Å². The molecule has 0 amide bonds. The Labute approximate surface area is 139 Å². The third kappa shape index (κ3) is 4.42. The van der Waals surface area contributed by atoms with Crippen LogP contribution in [0.5, 0.6) is 0 Å². The molecule has 0 aromatic heterocycles. The summed E-state index contributed by atoms with van der Waals surface area (Å²) in [5, 5.41) is -0.00788. The highest BCUT2D eigenvalue weighted by Crippen LogP contribution is 2.62. The first-order chi connectivity index (χ1) is 10.2. The average Bonchev–Trinajstić information content (AvgIpc) is 2.97. The van der Waals surface area contributed by atoms with Gasteiger partial charge >= 0.3 is 0 Å². The highest BCUT2D eigenvalue weighted by Gasteiger charge is 2.51. The Morgan fingerprint density at radius 2 is 2.23 bits per heavy atom. The highest BCUT2D eigenvalue weighted by molar-refractivity contribution is 8.74. The minimum absolute atomic E-state index is 0.00788. The van der Waals surface area contributed by atoms with E-state index in [1.54, 1.807) is 5.57 Å². The van der Waals surface area contributed by atoms with E-state index in [9.17, 15) is 13.2 Å². The van der Waals surface area contributed by atoms with Crippen molar-refractivity contribution in [2.75, 3.05) is 18.1 Å². The van der Waals surface area contributed by atoms with Gasteiger partial charge in [0, 0.05) is 25.0 Å². The van der Waals surface area contributed by atoms with Crippen LogP contribution in [0.3, 0.4) is 0 Å². The predicted octanol–water partition coefficient (Wildman–Crippen LogP) is 2.68. The molecule has 126 valence electrons. The lowest BCUT2D eigenvalue weighted by molar-refractivity contribution is -0.109. The van der Waals surface area contributed by atoms with E-state index in [2.05, 4.69) is 18.6 Å². The number of nitrogens with one attached hydrogen (secondary N) is 1. The molecule has 0 aromatic carbocycles. The van der Waals surface area contributed by atoms with Gasteiger partial charge in [-0.15, -0.1) is 5.69 Å². The van der Waals surface area contributed by atoms with Gasteiger partial charge < -0.3 is 0 Å². The number of carbonyl (C=O) groups excluding carboxylic acids is 1. The Kier molecular flexibility index (Phi) is 5.89.